The van der Waals surface area contributed by atoms with E-state index in [9.17, 15) is 0 Å². The molecular weight excluding hydrogens is 751 g/mol. The minimum absolute atomic E-state index is 1.17. The van der Waals surface area contributed by atoms with Gasteiger partial charge in [0.1, 0.15) is 0 Å². The van der Waals surface area contributed by atoms with E-state index in [0.717, 1.165) is 0 Å². The summed E-state index contributed by atoms with van der Waals surface area (Å²) in [6.45, 7) is 0. The molecule has 0 N–H and O–H groups in total. The molecule has 13 aromatic rings. The van der Waals surface area contributed by atoms with E-state index < -0.39 is 0 Å². The van der Waals surface area contributed by atoms with E-state index in [1.165, 1.54) is 123 Å². The maximum absolute atomic E-state index is 2.44. The second kappa shape index (κ2) is 12.7. The number of rotatable bonds is 5. The van der Waals surface area contributed by atoms with Gasteiger partial charge in [-0.1, -0.05) is 140 Å². The maximum atomic E-state index is 2.44. The lowest BCUT2D eigenvalue weighted by atomic mass is 9.90. The fraction of sp³-hybridized carbons (Fsp3) is 0. The molecule has 0 saturated heterocycles. The molecule has 0 radical (unpaired) electrons. The van der Waals surface area contributed by atoms with Gasteiger partial charge in [-0.2, -0.15) is 0 Å². The third kappa shape index (κ3) is 5.02. The number of aromatic nitrogens is 1. The van der Waals surface area contributed by atoms with Crippen LogP contribution in [0.15, 0.2) is 200 Å². The smallest absolute Gasteiger partial charge is 0.0547 e. The van der Waals surface area contributed by atoms with Crippen molar-refractivity contribution in [3.05, 3.63) is 200 Å². The molecule has 13 rings (SSSR count). The van der Waals surface area contributed by atoms with Crippen LogP contribution >= 0.6 is 22.7 Å². The van der Waals surface area contributed by atoms with Gasteiger partial charge in [-0.25, -0.2) is 0 Å². The topological polar surface area (TPSA) is 4.93 Å². The van der Waals surface area contributed by atoms with Crippen molar-refractivity contribution in [2.24, 2.45) is 0 Å². The highest BCUT2D eigenvalue weighted by Crippen LogP contribution is 2.46. The van der Waals surface area contributed by atoms with Crippen molar-refractivity contribution in [3.8, 4) is 50.2 Å². The molecule has 0 saturated carbocycles. The first-order valence-electron chi connectivity index (χ1n) is 20.2. The van der Waals surface area contributed by atoms with Crippen LogP contribution in [0, 0.1) is 0 Å². The lowest BCUT2D eigenvalue weighted by Gasteiger charge is -2.12. The van der Waals surface area contributed by atoms with Gasteiger partial charge >= 0.3 is 0 Å². The summed E-state index contributed by atoms with van der Waals surface area (Å²) in [6, 6.07) is 74.4. The SMILES string of the molecule is c1ccc(-n2c3ccc(-c4ccc(-c5ccc6sc7ccccc7c6c5)cc4)c4ccc5c(-c6ccc(-c7ccc8sc9ccccc9c8c7)cc6)ccc2c5c43)cc1. The van der Waals surface area contributed by atoms with Crippen molar-refractivity contribution in [1.82, 2.24) is 4.57 Å². The number of para-hydroxylation sites is 1. The Bertz CT molecular complexity index is 3520. The first kappa shape index (κ1) is 33.0. The summed E-state index contributed by atoms with van der Waals surface area (Å²) in [6.07, 6.45) is 0. The zero-order valence-corrected chi connectivity index (χ0v) is 33.4. The molecule has 0 aliphatic rings. The van der Waals surface area contributed by atoms with Gasteiger partial charge in [0.25, 0.3) is 0 Å². The fourth-order valence-corrected chi connectivity index (χ4v) is 11.8. The Morgan fingerprint density at radius 3 is 1.17 bits per heavy atom. The second-order valence-corrected chi connectivity index (χ2v) is 17.8. The predicted octanol–water partition coefficient (Wildman–Crippen LogP) is 16.8. The van der Waals surface area contributed by atoms with Gasteiger partial charge in [0.15, 0.2) is 0 Å². The molecule has 3 heteroatoms. The van der Waals surface area contributed by atoms with Crippen molar-refractivity contribution in [1.29, 1.82) is 0 Å². The van der Waals surface area contributed by atoms with Gasteiger partial charge in [-0.15, -0.1) is 22.7 Å². The highest BCUT2D eigenvalue weighted by atomic mass is 32.1. The standard InChI is InChI=1S/C56H33NS2/c1-2-8-40(9-3-1)57-49-28-26-41(36-18-14-34(15-19-36)38-22-30-53-47(32-38)43-10-4-6-12-51(43)58-53)45-24-25-46-42(27-29-50(57)56(46)55(45)49)37-20-16-35(17-21-37)39-23-31-54-48(33-39)44-11-5-7-13-52(44)59-54/h1-33H. The Labute approximate surface area is 348 Å². The third-order valence-electron chi connectivity index (χ3n) is 12.4. The lowest BCUT2D eigenvalue weighted by Crippen LogP contribution is -1.93. The van der Waals surface area contributed by atoms with Crippen LogP contribution in [0.5, 0.6) is 0 Å². The van der Waals surface area contributed by atoms with Gasteiger partial charge in [0.2, 0.25) is 0 Å². The summed E-state index contributed by atoms with van der Waals surface area (Å²) in [5, 5.41) is 10.5. The molecule has 59 heavy (non-hydrogen) atoms. The Morgan fingerprint density at radius 1 is 0.271 bits per heavy atom. The number of fused-ring (bicyclic) bond motifs is 6. The summed E-state index contributed by atoms with van der Waals surface area (Å²) in [5.41, 5.74) is 13.5. The number of hydrogen-bond acceptors (Lipinski definition) is 2. The van der Waals surface area contributed by atoms with Crippen LogP contribution in [0.2, 0.25) is 0 Å². The molecule has 0 unspecified atom stereocenters. The zero-order chi connectivity index (χ0) is 38.6. The molecular formula is C56H33NS2. The number of hydrogen-bond donors (Lipinski definition) is 0. The average Bonchev–Trinajstić information content (AvgIpc) is 3.98. The van der Waals surface area contributed by atoms with Gasteiger partial charge in [-0.05, 0) is 116 Å². The normalized spacial score (nSPS) is 12.1. The largest absolute Gasteiger partial charge is 0.309 e. The number of thiophene rings is 2. The summed E-state index contributed by atoms with van der Waals surface area (Å²) >= 11 is 3.74. The van der Waals surface area contributed by atoms with Crippen molar-refractivity contribution >= 4 is 95.6 Å². The molecule has 274 valence electrons. The Morgan fingerprint density at radius 2 is 0.678 bits per heavy atom. The van der Waals surface area contributed by atoms with E-state index in [1.807, 2.05) is 22.7 Å². The van der Waals surface area contributed by atoms with Crippen LogP contribution in [0.3, 0.4) is 0 Å². The van der Waals surface area contributed by atoms with Gasteiger partial charge in [0.05, 0.1) is 11.0 Å². The molecule has 0 atom stereocenters. The molecule has 0 bridgehead atoms. The van der Waals surface area contributed by atoms with Crippen molar-refractivity contribution in [2.75, 3.05) is 0 Å². The second-order valence-electron chi connectivity index (χ2n) is 15.6. The van der Waals surface area contributed by atoms with Crippen molar-refractivity contribution in [3.63, 3.8) is 0 Å². The van der Waals surface area contributed by atoms with Crippen LogP contribution in [0.1, 0.15) is 0 Å². The first-order valence-corrected chi connectivity index (χ1v) is 21.8. The zero-order valence-electron chi connectivity index (χ0n) is 31.8. The fourth-order valence-electron chi connectivity index (χ4n) is 9.61. The van der Waals surface area contributed by atoms with E-state index in [0.29, 0.717) is 0 Å². The summed E-state index contributed by atoms with van der Waals surface area (Å²) in [5.74, 6) is 0. The quantitative estimate of drug-likeness (QED) is 0.153. The summed E-state index contributed by atoms with van der Waals surface area (Å²) in [4.78, 5) is 0. The van der Waals surface area contributed by atoms with Gasteiger partial charge in [0, 0.05) is 56.8 Å². The Kier molecular flexibility index (Phi) is 7.12. The summed E-state index contributed by atoms with van der Waals surface area (Å²) in [7, 11) is 0. The minimum Gasteiger partial charge on any atom is -0.309 e. The molecule has 3 heterocycles. The van der Waals surface area contributed by atoms with Crippen molar-refractivity contribution in [2.45, 2.75) is 0 Å². The van der Waals surface area contributed by atoms with Crippen LogP contribution in [0.4, 0.5) is 0 Å². The van der Waals surface area contributed by atoms with E-state index in [4.69, 9.17) is 0 Å². The van der Waals surface area contributed by atoms with Crippen LogP contribution in [-0.4, -0.2) is 4.57 Å². The molecule has 3 aromatic heterocycles. The molecule has 0 aliphatic carbocycles. The minimum atomic E-state index is 1.17. The molecule has 10 aromatic carbocycles. The number of nitrogens with zero attached hydrogens (tertiary/aromatic N) is 1. The third-order valence-corrected chi connectivity index (χ3v) is 14.7. The first-order chi connectivity index (χ1) is 29.2. The summed E-state index contributed by atoms with van der Waals surface area (Å²) < 4.78 is 7.79. The highest BCUT2D eigenvalue weighted by molar-refractivity contribution is 7.26. The van der Waals surface area contributed by atoms with Crippen LogP contribution < -0.4 is 0 Å². The van der Waals surface area contributed by atoms with E-state index in [-0.39, 0.29) is 0 Å². The molecule has 0 fully saturated rings. The van der Waals surface area contributed by atoms with Gasteiger partial charge in [-0.3, -0.25) is 0 Å². The average molecular weight is 784 g/mol. The van der Waals surface area contributed by atoms with Gasteiger partial charge < -0.3 is 4.57 Å². The molecule has 1 nitrogen and oxygen atoms in total. The van der Waals surface area contributed by atoms with E-state index in [1.54, 1.807) is 0 Å². The maximum Gasteiger partial charge on any atom is 0.0547 e. The van der Waals surface area contributed by atoms with Crippen LogP contribution in [0.25, 0.3) is 123 Å². The molecule has 0 spiro atoms. The van der Waals surface area contributed by atoms with E-state index in [2.05, 4.69) is 205 Å². The number of benzene rings is 10. The monoisotopic (exact) mass is 783 g/mol. The Hall–Kier alpha value is -7.04. The lowest BCUT2D eigenvalue weighted by molar-refractivity contribution is 1.18. The molecule has 0 amide bonds. The molecule has 0 aliphatic heterocycles. The Balaban J connectivity index is 0.927. The predicted molar refractivity (Wildman–Crippen MR) is 257 cm³/mol. The highest BCUT2D eigenvalue weighted by Gasteiger charge is 2.21. The van der Waals surface area contributed by atoms with Crippen molar-refractivity contribution < 1.29 is 0 Å². The van der Waals surface area contributed by atoms with E-state index >= 15 is 0 Å². The van der Waals surface area contributed by atoms with Crippen LogP contribution in [-0.2, 0) is 0 Å².